The fraction of sp³-hybridized carbons (Fsp3) is 0.136. The van der Waals surface area contributed by atoms with Crippen LogP contribution in [-0.4, -0.2) is 30.7 Å². The summed E-state index contributed by atoms with van der Waals surface area (Å²) in [6.45, 7) is 3.72. The molecule has 9 heteroatoms. The lowest BCUT2D eigenvalue weighted by molar-refractivity contribution is -0.953. The molecule has 1 fully saturated rings. The number of hydrogen-bond donors (Lipinski definition) is 0. The van der Waals surface area contributed by atoms with Crippen molar-refractivity contribution >= 4 is 44.2 Å². The summed E-state index contributed by atoms with van der Waals surface area (Å²) in [5.74, 6) is -8.18. The SMILES string of the molecule is Br.Fc1cc(-c2cc3ccccc3c3c2C[N+]2(CCN(c4ccccc4)CC2)Cc2c(-c4cc(F)c(F)c(F)c4)cc4ccccc4c2-3)cc(F)c1F. The summed E-state index contributed by atoms with van der Waals surface area (Å²) in [6.07, 6.45) is 0. The van der Waals surface area contributed by atoms with Crippen LogP contribution in [0.2, 0.25) is 0 Å². The van der Waals surface area contributed by atoms with Gasteiger partial charge in [0.05, 0.1) is 26.2 Å². The number of piperazine rings is 1. The van der Waals surface area contributed by atoms with Crippen LogP contribution < -0.4 is 4.90 Å². The fourth-order valence-corrected chi connectivity index (χ4v) is 8.45. The predicted molar refractivity (Wildman–Crippen MR) is 204 cm³/mol. The molecule has 0 radical (unpaired) electrons. The molecule has 1 spiro atoms. The first-order chi connectivity index (χ1) is 25.2. The van der Waals surface area contributed by atoms with Gasteiger partial charge in [0.1, 0.15) is 13.1 Å². The molecule has 2 aliphatic rings. The first-order valence-corrected chi connectivity index (χ1v) is 17.2. The molecule has 1 saturated heterocycles. The maximum Gasteiger partial charge on any atom is 0.194 e. The van der Waals surface area contributed by atoms with Crippen molar-refractivity contribution < 1.29 is 30.8 Å². The highest BCUT2D eigenvalue weighted by Gasteiger charge is 2.40. The summed E-state index contributed by atoms with van der Waals surface area (Å²) in [4.78, 5) is 2.33. The molecule has 0 aliphatic carbocycles. The van der Waals surface area contributed by atoms with Gasteiger partial charge < -0.3 is 9.38 Å². The van der Waals surface area contributed by atoms with Crippen molar-refractivity contribution in [2.75, 3.05) is 31.1 Å². The minimum Gasteiger partial charge on any atom is -0.360 e. The van der Waals surface area contributed by atoms with Crippen LogP contribution in [0.5, 0.6) is 0 Å². The zero-order valence-electron chi connectivity index (χ0n) is 28.3. The van der Waals surface area contributed by atoms with Gasteiger partial charge in [0.2, 0.25) is 0 Å². The van der Waals surface area contributed by atoms with Crippen molar-refractivity contribution in [2.45, 2.75) is 13.1 Å². The van der Waals surface area contributed by atoms with E-state index in [1.807, 2.05) is 78.9 Å². The Kier molecular flexibility index (Phi) is 8.82. The smallest absolute Gasteiger partial charge is 0.194 e. The highest BCUT2D eigenvalue weighted by Crippen LogP contribution is 2.50. The molecule has 7 aromatic rings. The second-order valence-electron chi connectivity index (χ2n) is 13.9. The van der Waals surface area contributed by atoms with Crippen LogP contribution in [0.4, 0.5) is 32.0 Å². The van der Waals surface area contributed by atoms with E-state index in [9.17, 15) is 26.3 Å². The van der Waals surface area contributed by atoms with Crippen molar-refractivity contribution in [3.8, 4) is 33.4 Å². The maximum absolute atomic E-state index is 15.0. The number of nitrogens with zero attached hydrogens (tertiary/aromatic N) is 2. The van der Waals surface area contributed by atoms with Gasteiger partial charge in [0.15, 0.2) is 34.9 Å². The van der Waals surface area contributed by atoms with Crippen LogP contribution in [0.3, 0.4) is 0 Å². The van der Waals surface area contributed by atoms with E-state index in [0.717, 1.165) is 73.8 Å². The van der Waals surface area contributed by atoms with Crippen molar-refractivity contribution in [3.05, 3.63) is 161 Å². The molecular weight excluding hydrogens is 750 g/mol. The Labute approximate surface area is 312 Å². The Morgan fingerprint density at radius 1 is 0.472 bits per heavy atom. The summed E-state index contributed by atoms with van der Waals surface area (Å²) in [5.41, 5.74) is 6.06. The van der Waals surface area contributed by atoms with Crippen LogP contribution in [0, 0.1) is 34.9 Å². The molecule has 7 aromatic carbocycles. The van der Waals surface area contributed by atoms with E-state index < -0.39 is 34.9 Å². The first kappa shape index (κ1) is 34.9. The second-order valence-corrected chi connectivity index (χ2v) is 13.9. The van der Waals surface area contributed by atoms with Crippen LogP contribution in [0.1, 0.15) is 11.1 Å². The van der Waals surface area contributed by atoms with Gasteiger partial charge in [-0.1, -0.05) is 66.7 Å². The third-order valence-electron chi connectivity index (χ3n) is 11.0. The molecule has 0 aromatic heterocycles. The van der Waals surface area contributed by atoms with Crippen molar-refractivity contribution in [1.29, 1.82) is 0 Å². The molecule has 0 bridgehead atoms. The second kappa shape index (κ2) is 13.4. The van der Waals surface area contributed by atoms with Gasteiger partial charge in [0.25, 0.3) is 0 Å². The molecule has 0 N–H and O–H groups in total. The molecule has 0 atom stereocenters. The summed E-state index contributed by atoms with van der Waals surface area (Å²) < 4.78 is 89.2. The minimum atomic E-state index is -1.53. The maximum atomic E-state index is 15.0. The largest absolute Gasteiger partial charge is 0.360 e. The third kappa shape index (κ3) is 5.87. The lowest BCUT2D eigenvalue weighted by Gasteiger charge is -2.45. The molecular formula is C44H32BrF6N2+. The molecule has 0 unspecified atom stereocenters. The number of anilines is 1. The molecule has 0 saturated carbocycles. The van der Waals surface area contributed by atoms with E-state index >= 15 is 0 Å². The minimum absolute atomic E-state index is 0. The molecule has 2 nitrogen and oxygen atoms in total. The summed E-state index contributed by atoms with van der Waals surface area (Å²) in [5, 5.41) is 3.41. The number of rotatable bonds is 3. The van der Waals surface area contributed by atoms with Gasteiger partial charge in [-0.3, -0.25) is 0 Å². The van der Waals surface area contributed by atoms with Gasteiger partial charge in [0, 0.05) is 27.9 Å². The van der Waals surface area contributed by atoms with Crippen LogP contribution >= 0.6 is 17.0 Å². The van der Waals surface area contributed by atoms with Gasteiger partial charge >= 0.3 is 0 Å². The van der Waals surface area contributed by atoms with Crippen molar-refractivity contribution in [2.24, 2.45) is 0 Å². The third-order valence-corrected chi connectivity index (χ3v) is 11.0. The van der Waals surface area contributed by atoms with Crippen LogP contribution in [0.25, 0.3) is 54.9 Å². The molecule has 53 heavy (non-hydrogen) atoms. The average molecular weight is 783 g/mol. The van der Waals surface area contributed by atoms with Gasteiger partial charge in [-0.15, -0.1) is 17.0 Å². The molecule has 2 aliphatic heterocycles. The molecule has 0 amide bonds. The van der Waals surface area contributed by atoms with Crippen LogP contribution in [-0.2, 0) is 13.1 Å². The van der Waals surface area contributed by atoms with Gasteiger partial charge in [-0.2, -0.15) is 0 Å². The van der Waals surface area contributed by atoms with E-state index in [2.05, 4.69) is 17.0 Å². The Morgan fingerprint density at radius 3 is 1.30 bits per heavy atom. The zero-order valence-corrected chi connectivity index (χ0v) is 30.0. The fourth-order valence-electron chi connectivity index (χ4n) is 8.45. The standard InChI is InChI=1S/C44H31F6N2.BrH/c45-37-20-28(21-38(46)43(37)49)33-18-26-8-4-6-12-31(26)41-35(33)24-52(16-14-51(15-17-52)30-10-2-1-3-11-30)25-36-34(29-22-39(47)44(50)40(48)23-29)19-27-9-5-7-13-32(27)42(36)41;/h1-13,18-23H,14-17,24-25H2;1H/q+1;. The zero-order chi connectivity index (χ0) is 35.7. The van der Waals surface area contributed by atoms with E-state index in [0.29, 0.717) is 54.9 Å². The topological polar surface area (TPSA) is 3.24 Å². The van der Waals surface area contributed by atoms with Crippen LogP contribution in [0.15, 0.2) is 115 Å². The molecule has 266 valence electrons. The summed E-state index contributed by atoms with van der Waals surface area (Å²) in [7, 11) is 0. The Morgan fingerprint density at radius 2 is 0.868 bits per heavy atom. The Balaban J connectivity index is 0.00000400. The Hall–Kier alpha value is -5.12. The molecule has 9 rings (SSSR count). The van der Waals surface area contributed by atoms with E-state index in [1.54, 1.807) is 0 Å². The van der Waals surface area contributed by atoms with Gasteiger partial charge in [-0.25, -0.2) is 26.3 Å². The molecule has 2 heterocycles. The van der Waals surface area contributed by atoms with E-state index in [4.69, 9.17) is 0 Å². The highest BCUT2D eigenvalue weighted by molar-refractivity contribution is 8.93. The van der Waals surface area contributed by atoms with E-state index in [-0.39, 0.29) is 28.1 Å². The summed E-state index contributed by atoms with van der Waals surface area (Å²) >= 11 is 0. The highest BCUT2D eigenvalue weighted by atomic mass is 79.9. The normalized spacial score (nSPS) is 14.9. The average Bonchev–Trinajstić information content (AvgIpc) is 3.30. The number of para-hydroxylation sites is 1. The monoisotopic (exact) mass is 781 g/mol. The lowest BCUT2D eigenvalue weighted by atomic mass is 9.82. The lowest BCUT2D eigenvalue weighted by Crippen LogP contribution is -2.58. The number of halogens is 7. The quantitative estimate of drug-likeness (QED) is 0.0980. The van der Waals surface area contributed by atoms with E-state index in [1.165, 1.54) is 0 Å². The first-order valence-electron chi connectivity index (χ1n) is 17.2. The Bertz CT molecular complexity index is 2370. The number of benzene rings is 7. The van der Waals surface area contributed by atoms with Crippen molar-refractivity contribution in [1.82, 2.24) is 0 Å². The number of fused-ring (bicyclic) bond motifs is 7. The summed E-state index contributed by atoms with van der Waals surface area (Å²) in [6, 6.07) is 33.7. The van der Waals surface area contributed by atoms with Gasteiger partial charge in [-0.05, 0) is 92.3 Å². The van der Waals surface area contributed by atoms with Crippen molar-refractivity contribution in [3.63, 3.8) is 0 Å². The number of hydrogen-bond acceptors (Lipinski definition) is 1. The predicted octanol–water partition coefficient (Wildman–Crippen LogP) is 11.8. The number of quaternary nitrogens is 1.